The number of benzene rings is 2. The first kappa shape index (κ1) is 14.7. The first-order valence-electron chi connectivity index (χ1n) is 6.93. The third-order valence-electron chi connectivity index (χ3n) is 3.87. The molecule has 22 heavy (non-hydrogen) atoms. The maximum absolute atomic E-state index is 12.0. The Morgan fingerprint density at radius 2 is 1.73 bits per heavy atom. The van der Waals surface area contributed by atoms with Gasteiger partial charge in [-0.15, -0.1) is 0 Å². The lowest BCUT2D eigenvalue weighted by atomic mass is 9.84. The number of anilines is 1. The monoisotopic (exact) mass is 317 g/mol. The van der Waals surface area contributed by atoms with E-state index < -0.39 is 0 Å². The average Bonchev–Trinajstić information content (AvgIpc) is 2.53. The summed E-state index contributed by atoms with van der Waals surface area (Å²) in [6.45, 7) is 0. The molecule has 0 radical (unpaired) electrons. The summed E-state index contributed by atoms with van der Waals surface area (Å²) < 4.78 is 10.7. The van der Waals surface area contributed by atoms with Gasteiger partial charge in [-0.25, -0.2) is 0 Å². The van der Waals surface area contributed by atoms with Gasteiger partial charge in [-0.05, 0) is 29.3 Å². The van der Waals surface area contributed by atoms with E-state index in [0.717, 1.165) is 16.8 Å². The highest BCUT2D eigenvalue weighted by molar-refractivity contribution is 6.30. The quantitative estimate of drug-likeness (QED) is 0.936. The van der Waals surface area contributed by atoms with Crippen LogP contribution in [0.3, 0.4) is 0 Å². The van der Waals surface area contributed by atoms with E-state index in [1.54, 1.807) is 20.3 Å². The van der Waals surface area contributed by atoms with Gasteiger partial charge in [0.15, 0.2) is 11.5 Å². The Hall–Kier alpha value is -2.20. The summed E-state index contributed by atoms with van der Waals surface area (Å²) in [6.07, 6.45) is 0.393. The van der Waals surface area contributed by atoms with Gasteiger partial charge in [0.25, 0.3) is 0 Å². The zero-order valence-electron chi connectivity index (χ0n) is 12.4. The molecule has 4 nitrogen and oxygen atoms in total. The van der Waals surface area contributed by atoms with E-state index in [9.17, 15) is 4.79 Å². The van der Waals surface area contributed by atoms with Crippen molar-refractivity contribution in [3.05, 3.63) is 52.5 Å². The van der Waals surface area contributed by atoms with Gasteiger partial charge in [-0.1, -0.05) is 23.7 Å². The number of carbonyl (C=O) groups is 1. The molecular weight excluding hydrogens is 302 g/mol. The van der Waals surface area contributed by atoms with E-state index in [4.69, 9.17) is 21.1 Å². The van der Waals surface area contributed by atoms with Crippen molar-refractivity contribution in [2.45, 2.75) is 12.3 Å². The number of fused-ring (bicyclic) bond motifs is 1. The van der Waals surface area contributed by atoms with Crippen LogP contribution < -0.4 is 14.8 Å². The summed E-state index contributed by atoms with van der Waals surface area (Å²) in [5.74, 6) is 1.20. The fourth-order valence-corrected chi connectivity index (χ4v) is 2.91. The lowest BCUT2D eigenvalue weighted by molar-refractivity contribution is -0.116. The molecule has 0 fully saturated rings. The SMILES string of the molecule is COc1cc2c(cc1OC)C(c1ccc(Cl)cc1)CC(=O)N2. The predicted octanol–water partition coefficient (Wildman–Crippen LogP) is 3.83. The van der Waals surface area contributed by atoms with Gasteiger partial charge in [-0.2, -0.15) is 0 Å². The molecule has 1 heterocycles. The molecule has 1 N–H and O–H groups in total. The highest BCUT2D eigenvalue weighted by Gasteiger charge is 2.28. The lowest BCUT2D eigenvalue weighted by Gasteiger charge is -2.27. The number of nitrogens with one attached hydrogen (secondary N) is 1. The Bertz CT molecular complexity index is 713. The topological polar surface area (TPSA) is 47.6 Å². The van der Waals surface area contributed by atoms with Crippen LogP contribution in [-0.4, -0.2) is 20.1 Å². The first-order valence-corrected chi connectivity index (χ1v) is 7.31. The maximum Gasteiger partial charge on any atom is 0.225 e. The van der Waals surface area contributed by atoms with Gasteiger partial charge in [0.05, 0.1) is 14.2 Å². The molecular formula is C17H16ClNO3. The minimum atomic E-state index is -0.0270. The number of hydrogen-bond acceptors (Lipinski definition) is 3. The molecule has 0 aromatic heterocycles. The van der Waals surface area contributed by atoms with Crippen LogP contribution in [0.1, 0.15) is 23.5 Å². The molecule has 1 aliphatic heterocycles. The second kappa shape index (κ2) is 5.89. The van der Waals surface area contributed by atoms with Crippen molar-refractivity contribution in [2.75, 3.05) is 19.5 Å². The number of carbonyl (C=O) groups excluding carboxylic acids is 1. The lowest BCUT2D eigenvalue weighted by Crippen LogP contribution is -2.23. The number of methoxy groups -OCH3 is 2. The van der Waals surface area contributed by atoms with Crippen molar-refractivity contribution in [2.24, 2.45) is 0 Å². The van der Waals surface area contributed by atoms with Gasteiger partial charge >= 0.3 is 0 Å². The van der Waals surface area contributed by atoms with E-state index in [1.807, 2.05) is 30.3 Å². The summed E-state index contributed by atoms with van der Waals surface area (Å²) in [5, 5.41) is 3.57. The zero-order valence-corrected chi connectivity index (χ0v) is 13.1. The van der Waals surface area contributed by atoms with Crippen LogP contribution in [0, 0.1) is 0 Å². The molecule has 0 saturated heterocycles. The molecule has 1 aliphatic rings. The van der Waals surface area contributed by atoms with Crippen molar-refractivity contribution >= 4 is 23.2 Å². The molecule has 1 unspecified atom stereocenters. The van der Waals surface area contributed by atoms with Crippen LogP contribution in [0.15, 0.2) is 36.4 Å². The first-order chi connectivity index (χ1) is 10.6. The van der Waals surface area contributed by atoms with E-state index in [0.29, 0.717) is 22.9 Å². The molecule has 2 aromatic rings. The van der Waals surface area contributed by atoms with Crippen LogP contribution in [-0.2, 0) is 4.79 Å². The molecule has 1 amide bonds. The molecule has 0 bridgehead atoms. The Balaban J connectivity index is 2.11. The number of halogens is 1. The molecule has 5 heteroatoms. The fraction of sp³-hybridized carbons (Fsp3) is 0.235. The highest BCUT2D eigenvalue weighted by Crippen LogP contribution is 2.43. The molecule has 0 saturated carbocycles. The summed E-state index contributed by atoms with van der Waals surface area (Å²) in [5.41, 5.74) is 2.82. The van der Waals surface area contributed by atoms with E-state index in [-0.39, 0.29) is 11.8 Å². The second-order valence-corrected chi connectivity index (χ2v) is 5.59. The van der Waals surface area contributed by atoms with Crippen molar-refractivity contribution < 1.29 is 14.3 Å². The van der Waals surface area contributed by atoms with Gasteiger partial charge in [0.1, 0.15) is 0 Å². The molecule has 114 valence electrons. The largest absolute Gasteiger partial charge is 0.493 e. The summed E-state index contributed by atoms with van der Waals surface area (Å²) in [7, 11) is 3.18. The predicted molar refractivity (Wildman–Crippen MR) is 86.1 cm³/mol. The Morgan fingerprint density at radius 1 is 1.09 bits per heavy atom. The van der Waals surface area contributed by atoms with Crippen LogP contribution in [0.4, 0.5) is 5.69 Å². The summed E-state index contributed by atoms with van der Waals surface area (Å²) >= 11 is 5.95. The number of rotatable bonds is 3. The van der Waals surface area contributed by atoms with Crippen molar-refractivity contribution in [3.8, 4) is 11.5 Å². The van der Waals surface area contributed by atoms with Gasteiger partial charge in [0, 0.05) is 29.1 Å². The van der Waals surface area contributed by atoms with Gasteiger partial charge in [-0.3, -0.25) is 4.79 Å². The molecule has 0 aliphatic carbocycles. The van der Waals surface area contributed by atoms with E-state index in [2.05, 4.69) is 5.32 Å². The normalized spacial score (nSPS) is 16.7. The number of amides is 1. The van der Waals surface area contributed by atoms with Gasteiger partial charge < -0.3 is 14.8 Å². The van der Waals surface area contributed by atoms with Crippen LogP contribution in [0.5, 0.6) is 11.5 Å². The molecule has 1 atom stereocenters. The van der Waals surface area contributed by atoms with Crippen LogP contribution in [0.25, 0.3) is 0 Å². The third kappa shape index (κ3) is 2.62. The zero-order chi connectivity index (χ0) is 15.7. The smallest absolute Gasteiger partial charge is 0.225 e. The Morgan fingerprint density at radius 3 is 2.36 bits per heavy atom. The van der Waals surface area contributed by atoms with Crippen molar-refractivity contribution in [3.63, 3.8) is 0 Å². The highest BCUT2D eigenvalue weighted by atomic mass is 35.5. The maximum atomic E-state index is 12.0. The second-order valence-electron chi connectivity index (χ2n) is 5.15. The summed E-state index contributed by atoms with van der Waals surface area (Å²) in [4.78, 5) is 12.0. The minimum absolute atomic E-state index is 0.0142. The van der Waals surface area contributed by atoms with E-state index in [1.165, 1.54) is 0 Å². The molecule has 2 aromatic carbocycles. The standard InChI is InChI=1S/C17H16ClNO3/c1-21-15-7-13-12(10-3-5-11(18)6-4-10)8-17(20)19-14(13)9-16(15)22-2/h3-7,9,12H,8H2,1-2H3,(H,19,20). The molecule has 0 spiro atoms. The van der Waals surface area contributed by atoms with Crippen molar-refractivity contribution in [1.29, 1.82) is 0 Å². The number of hydrogen-bond donors (Lipinski definition) is 1. The van der Waals surface area contributed by atoms with Crippen LogP contribution >= 0.6 is 11.6 Å². The van der Waals surface area contributed by atoms with E-state index >= 15 is 0 Å². The average molecular weight is 318 g/mol. The number of ether oxygens (including phenoxy) is 2. The van der Waals surface area contributed by atoms with Gasteiger partial charge in [0.2, 0.25) is 5.91 Å². The fourth-order valence-electron chi connectivity index (χ4n) is 2.78. The Kier molecular flexibility index (Phi) is 3.94. The third-order valence-corrected chi connectivity index (χ3v) is 4.12. The minimum Gasteiger partial charge on any atom is -0.493 e. The summed E-state index contributed by atoms with van der Waals surface area (Å²) in [6, 6.07) is 11.3. The van der Waals surface area contributed by atoms with Crippen molar-refractivity contribution in [1.82, 2.24) is 0 Å². The van der Waals surface area contributed by atoms with Crippen LogP contribution in [0.2, 0.25) is 5.02 Å². The molecule has 3 rings (SSSR count). The Labute approximate surface area is 134 Å².